The third-order valence-electron chi connectivity index (χ3n) is 2.85. The highest BCUT2D eigenvalue weighted by Crippen LogP contribution is 2.02. The molecule has 0 aliphatic heterocycles. The molecule has 3 amide bonds. The van der Waals surface area contributed by atoms with E-state index < -0.39 is 24.0 Å². The summed E-state index contributed by atoms with van der Waals surface area (Å²) in [6.45, 7) is 3.77. The second kappa shape index (κ2) is 9.13. The second-order valence-corrected chi connectivity index (χ2v) is 4.56. The van der Waals surface area contributed by atoms with Gasteiger partial charge < -0.3 is 25.4 Å². The Balaban J connectivity index is 4.15. The number of aliphatic carboxylic acids is 1. The van der Waals surface area contributed by atoms with Crippen molar-refractivity contribution in [2.24, 2.45) is 5.92 Å². The SMILES string of the molecule is COCCNC(=O)CN(C)C(=O)NC(C)C(C)C(=O)O. The number of carbonyl (C=O) groups is 3. The predicted molar refractivity (Wildman–Crippen MR) is 72.3 cm³/mol. The molecule has 0 saturated carbocycles. The molecule has 2 unspecified atom stereocenters. The summed E-state index contributed by atoms with van der Waals surface area (Å²) < 4.78 is 4.78. The highest BCUT2D eigenvalue weighted by Gasteiger charge is 2.22. The molecule has 0 spiro atoms. The lowest BCUT2D eigenvalue weighted by molar-refractivity contribution is -0.141. The Hall–Kier alpha value is -1.83. The molecule has 0 aromatic carbocycles. The van der Waals surface area contributed by atoms with E-state index >= 15 is 0 Å². The molecule has 0 rings (SSSR count). The molecule has 0 aromatic heterocycles. The van der Waals surface area contributed by atoms with Crippen molar-refractivity contribution in [1.29, 1.82) is 0 Å². The molecular weight excluding hydrogens is 266 g/mol. The van der Waals surface area contributed by atoms with Crippen LogP contribution in [0.15, 0.2) is 0 Å². The number of hydrogen-bond acceptors (Lipinski definition) is 4. The van der Waals surface area contributed by atoms with Gasteiger partial charge in [0.25, 0.3) is 0 Å². The first-order valence-corrected chi connectivity index (χ1v) is 6.29. The van der Waals surface area contributed by atoms with Crippen molar-refractivity contribution in [3.63, 3.8) is 0 Å². The van der Waals surface area contributed by atoms with E-state index in [2.05, 4.69) is 10.6 Å². The maximum Gasteiger partial charge on any atom is 0.317 e. The smallest absolute Gasteiger partial charge is 0.317 e. The van der Waals surface area contributed by atoms with E-state index in [1.54, 1.807) is 6.92 Å². The number of ether oxygens (including phenoxy) is 1. The van der Waals surface area contributed by atoms with E-state index in [0.717, 1.165) is 0 Å². The highest BCUT2D eigenvalue weighted by molar-refractivity contribution is 5.84. The number of urea groups is 1. The van der Waals surface area contributed by atoms with Crippen molar-refractivity contribution in [1.82, 2.24) is 15.5 Å². The minimum Gasteiger partial charge on any atom is -0.481 e. The van der Waals surface area contributed by atoms with Gasteiger partial charge in [-0.2, -0.15) is 0 Å². The van der Waals surface area contributed by atoms with E-state index in [9.17, 15) is 14.4 Å². The van der Waals surface area contributed by atoms with Gasteiger partial charge in [-0.15, -0.1) is 0 Å². The number of carboxylic acid groups (broad SMARTS) is 1. The molecule has 0 bridgehead atoms. The maximum atomic E-state index is 11.8. The molecule has 20 heavy (non-hydrogen) atoms. The first-order valence-electron chi connectivity index (χ1n) is 6.29. The zero-order chi connectivity index (χ0) is 15.7. The van der Waals surface area contributed by atoms with Crippen LogP contribution in [0.5, 0.6) is 0 Å². The summed E-state index contributed by atoms with van der Waals surface area (Å²) in [5, 5.41) is 13.9. The molecule has 0 aliphatic rings. The number of rotatable bonds is 8. The van der Waals surface area contributed by atoms with Gasteiger partial charge in [0, 0.05) is 26.7 Å². The average Bonchev–Trinajstić information content (AvgIpc) is 2.37. The van der Waals surface area contributed by atoms with E-state index in [4.69, 9.17) is 9.84 Å². The van der Waals surface area contributed by atoms with Gasteiger partial charge in [0.05, 0.1) is 12.5 Å². The summed E-state index contributed by atoms with van der Waals surface area (Å²) in [5.74, 6) is -2.00. The van der Waals surface area contributed by atoms with Gasteiger partial charge in [-0.3, -0.25) is 9.59 Å². The minimum absolute atomic E-state index is 0.107. The summed E-state index contributed by atoms with van der Waals surface area (Å²) in [6, 6.07) is -1.02. The quantitative estimate of drug-likeness (QED) is 0.522. The summed E-state index contributed by atoms with van der Waals surface area (Å²) in [7, 11) is 2.99. The van der Waals surface area contributed by atoms with Crippen LogP contribution in [0.3, 0.4) is 0 Å². The Morgan fingerprint density at radius 3 is 2.40 bits per heavy atom. The molecule has 0 aromatic rings. The van der Waals surface area contributed by atoms with Crippen molar-refractivity contribution >= 4 is 17.9 Å². The molecule has 3 N–H and O–H groups in total. The predicted octanol–water partition coefficient (Wildman–Crippen LogP) is -0.500. The van der Waals surface area contributed by atoms with Gasteiger partial charge in [-0.1, -0.05) is 0 Å². The fourth-order valence-corrected chi connectivity index (χ4v) is 1.28. The van der Waals surface area contributed by atoms with Gasteiger partial charge >= 0.3 is 12.0 Å². The molecule has 0 heterocycles. The van der Waals surface area contributed by atoms with E-state index in [-0.39, 0.29) is 12.5 Å². The Morgan fingerprint density at radius 2 is 1.90 bits per heavy atom. The summed E-state index contributed by atoms with van der Waals surface area (Å²) >= 11 is 0. The van der Waals surface area contributed by atoms with E-state index in [1.807, 2.05) is 0 Å². The van der Waals surface area contributed by atoms with Crippen LogP contribution in [0.25, 0.3) is 0 Å². The Kier molecular flexibility index (Phi) is 8.30. The van der Waals surface area contributed by atoms with E-state index in [0.29, 0.717) is 13.2 Å². The van der Waals surface area contributed by atoms with Crippen molar-refractivity contribution < 1.29 is 24.2 Å². The average molecular weight is 289 g/mol. The number of amides is 3. The van der Waals surface area contributed by atoms with Crippen LogP contribution in [0.1, 0.15) is 13.8 Å². The topological polar surface area (TPSA) is 108 Å². The van der Waals surface area contributed by atoms with Crippen molar-refractivity contribution in [3.05, 3.63) is 0 Å². The number of hydrogen-bond donors (Lipinski definition) is 3. The molecule has 0 aliphatic carbocycles. The van der Waals surface area contributed by atoms with Gasteiger partial charge in [0.1, 0.15) is 6.54 Å². The molecular formula is C12H23N3O5. The van der Waals surface area contributed by atoms with Crippen LogP contribution in [-0.2, 0) is 14.3 Å². The summed E-state index contributed by atoms with van der Waals surface area (Å²) in [4.78, 5) is 35.2. The lowest BCUT2D eigenvalue weighted by Crippen LogP contribution is -2.48. The zero-order valence-electron chi connectivity index (χ0n) is 12.3. The van der Waals surface area contributed by atoms with Crippen LogP contribution in [0.2, 0.25) is 0 Å². The lowest BCUT2D eigenvalue weighted by atomic mass is 10.0. The molecule has 0 fully saturated rings. The standard InChI is InChI=1S/C12H23N3O5/c1-8(11(17)18)9(2)14-12(19)15(3)7-10(16)13-5-6-20-4/h8-9H,5-7H2,1-4H3,(H,13,16)(H,14,19)(H,17,18). The van der Waals surface area contributed by atoms with Crippen molar-refractivity contribution in [3.8, 4) is 0 Å². The zero-order valence-corrected chi connectivity index (χ0v) is 12.3. The van der Waals surface area contributed by atoms with Gasteiger partial charge in [0.2, 0.25) is 5.91 Å². The molecule has 8 nitrogen and oxygen atoms in total. The molecule has 0 radical (unpaired) electrons. The number of carbonyl (C=O) groups excluding carboxylic acids is 2. The monoisotopic (exact) mass is 289 g/mol. The molecule has 2 atom stereocenters. The number of carboxylic acids is 1. The minimum atomic E-state index is -0.988. The van der Waals surface area contributed by atoms with Crippen LogP contribution < -0.4 is 10.6 Å². The second-order valence-electron chi connectivity index (χ2n) is 4.56. The Labute approximate surface area is 118 Å². The van der Waals surface area contributed by atoms with Crippen LogP contribution in [0.4, 0.5) is 4.79 Å². The number of likely N-dealkylation sites (N-methyl/N-ethyl adjacent to an activating group) is 1. The van der Waals surface area contributed by atoms with Crippen molar-refractivity contribution in [2.45, 2.75) is 19.9 Å². The highest BCUT2D eigenvalue weighted by atomic mass is 16.5. The summed E-state index contributed by atoms with van der Waals surface area (Å²) in [6.07, 6.45) is 0. The van der Waals surface area contributed by atoms with Gasteiger partial charge in [0.15, 0.2) is 0 Å². The maximum absolute atomic E-state index is 11.8. The first-order chi connectivity index (χ1) is 9.29. The van der Waals surface area contributed by atoms with Gasteiger partial charge in [-0.05, 0) is 13.8 Å². The van der Waals surface area contributed by atoms with Crippen LogP contribution in [0, 0.1) is 5.92 Å². The number of nitrogens with zero attached hydrogens (tertiary/aromatic N) is 1. The fraction of sp³-hybridized carbons (Fsp3) is 0.750. The summed E-state index contributed by atoms with van der Waals surface area (Å²) in [5.41, 5.74) is 0. The van der Waals surface area contributed by atoms with Crippen LogP contribution >= 0.6 is 0 Å². The Morgan fingerprint density at radius 1 is 1.30 bits per heavy atom. The third kappa shape index (κ3) is 6.93. The van der Waals surface area contributed by atoms with Crippen molar-refractivity contribution in [2.75, 3.05) is 33.9 Å². The largest absolute Gasteiger partial charge is 0.481 e. The Bertz CT molecular complexity index is 348. The molecule has 0 saturated heterocycles. The lowest BCUT2D eigenvalue weighted by Gasteiger charge is -2.23. The number of methoxy groups -OCH3 is 1. The van der Waals surface area contributed by atoms with Crippen LogP contribution in [-0.4, -0.2) is 67.8 Å². The normalized spacial score (nSPS) is 13.2. The fourth-order valence-electron chi connectivity index (χ4n) is 1.28. The third-order valence-corrected chi connectivity index (χ3v) is 2.85. The van der Waals surface area contributed by atoms with Gasteiger partial charge in [-0.25, -0.2) is 4.79 Å². The van der Waals surface area contributed by atoms with E-state index in [1.165, 1.54) is 26.0 Å². The molecule has 8 heteroatoms. The first kappa shape index (κ1) is 18.2. The number of nitrogens with one attached hydrogen (secondary N) is 2. The molecule has 116 valence electrons.